The van der Waals surface area contributed by atoms with Crippen LogP contribution in [0.1, 0.15) is 49.4 Å². The average Bonchev–Trinajstić information content (AvgIpc) is 2.90. The Morgan fingerprint density at radius 1 is 1.00 bits per heavy atom. The summed E-state index contributed by atoms with van der Waals surface area (Å²) in [6.45, 7) is 2.30. The van der Waals surface area contributed by atoms with Crippen LogP contribution in [0, 0.1) is 5.92 Å². The molecule has 38 heavy (non-hydrogen) atoms. The van der Waals surface area contributed by atoms with E-state index in [0.29, 0.717) is 43.6 Å². The van der Waals surface area contributed by atoms with Crippen molar-refractivity contribution < 1.29 is 24.3 Å². The molecule has 0 aliphatic carbocycles. The maximum atomic E-state index is 12.5. The molecular weight excluding hydrogens is 506 g/mol. The third-order valence-electron chi connectivity index (χ3n) is 5.99. The van der Waals surface area contributed by atoms with Crippen molar-refractivity contribution in [2.24, 2.45) is 5.92 Å². The van der Waals surface area contributed by atoms with Gasteiger partial charge in [0.15, 0.2) is 0 Å². The van der Waals surface area contributed by atoms with Crippen molar-refractivity contribution in [1.29, 1.82) is 0 Å². The fourth-order valence-corrected chi connectivity index (χ4v) is 4.03. The number of carbonyl (C=O) groups excluding carboxylic acids is 3. The van der Waals surface area contributed by atoms with Crippen molar-refractivity contribution in [3.63, 3.8) is 0 Å². The topological polar surface area (TPSA) is 150 Å². The lowest BCUT2D eigenvalue weighted by Gasteiger charge is -2.19. The highest BCUT2D eigenvalue weighted by atomic mass is 32.1. The second kappa shape index (κ2) is 14.1. The van der Waals surface area contributed by atoms with Crippen LogP contribution in [0.15, 0.2) is 54.7 Å². The summed E-state index contributed by atoms with van der Waals surface area (Å²) in [5.41, 5.74) is 2.90. The van der Waals surface area contributed by atoms with Crippen LogP contribution in [0.5, 0.6) is 0 Å². The number of carboxylic acid groups (broad SMARTS) is 1. The Bertz CT molecular complexity index is 1280. The number of anilines is 2. The molecule has 4 N–H and O–H groups in total. The maximum Gasteiger partial charge on any atom is 0.305 e. The third-order valence-corrected chi connectivity index (χ3v) is 6.30. The van der Waals surface area contributed by atoms with Gasteiger partial charge in [-0.25, -0.2) is 4.98 Å². The molecule has 3 aromatic rings. The quantitative estimate of drug-likeness (QED) is 0.154. The smallest absolute Gasteiger partial charge is 0.305 e. The van der Waals surface area contributed by atoms with Crippen molar-refractivity contribution >= 4 is 58.1 Å². The summed E-state index contributed by atoms with van der Waals surface area (Å²) >= 11 is 3.66. The van der Waals surface area contributed by atoms with Crippen LogP contribution in [0.2, 0.25) is 0 Å². The molecule has 1 heterocycles. The van der Waals surface area contributed by atoms with E-state index in [9.17, 15) is 19.2 Å². The van der Waals surface area contributed by atoms with Gasteiger partial charge in [0.05, 0.1) is 23.7 Å². The molecule has 2 amide bonds. The fourth-order valence-electron chi connectivity index (χ4n) is 3.87. The van der Waals surface area contributed by atoms with E-state index in [-0.39, 0.29) is 17.7 Å². The van der Waals surface area contributed by atoms with Gasteiger partial charge in [0.25, 0.3) is 5.91 Å². The molecule has 1 aromatic heterocycles. The second-order valence-electron chi connectivity index (χ2n) is 8.80. The molecule has 10 nitrogen and oxygen atoms in total. The van der Waals surface area contributed by atoms with Gasteiger partial charge in [0.1, 0.15) is 11.9 Å². The summed E-state index contributed by atoms with van der Waals surface area (Å²) in [4.78, 5) is 56.2. The van der Waals surface area contributed by atoms with E-state index in [1.165, 1.54) is 0 Å². The number of nitrogens with one attached hydrogen (secondary N) is 3. The van der Waals surface area contributed by atoms with Gasteiger partial charge in [-0.3, -0.25) is 24.2 Å². The number of unbranched alkanes of at least 4 members (excludes halogenated alkanes) is 1. The molecule has 0 unspecified atom stereocenters. The minimum absolute atomic E-state index is 0.198. The first-order valence-electron chi connectivity index (χ1n) is 12.4. The van der Waals surface area contributed by atoms with E-state index >= 15 is 0 Å². The second-order valence-corrected chi connectivity index (χ2v) is 9.24. The number of rotatable bonds is 14. The molecule has 200 valence electrons. The molecule has 11 heteroatoms. The largest absolute Gasteiger partial charge is 0.481 e. The van der Waals surface area contributed by atoms with Crippen molar-refractivity contribution in [3.05, 3.63) is 60.3 Å². The molecule has 2 atom stereocenters. The van der Waals surface area contributed by atoms with Crippen LogP contribution < -0.4 is 16.0 Å². The minimum Gasteiger partial charge on any atom is -0.481 e. The van der Waals surface area contributed by atoms with Crippen molar-refractivity contribution in [3.8, 4) is 0 Å². The van der Waals surface area contributed by atoms with Gasteiger partial charge in [-0.1, -0.05) is 25.5 Å². The Morgan fingerprint density at radius 3 is 2.37 bits per heavy atom. The number of hydrogen-bond acceptors (Lipinski definition) is 7. The molecular formula is C27H31N5O5S. The monoisotopic (exact) mass is 537 g/mol. The number of benzene rings is 2. The molecule has 0 fully saturated rings. The highest BCUT2D eigenvalue weighted by Crippen LogP contribution is 2.18. The molecule has 0 saturated heterocycles. The Balaban J connectivity index is 1.41. The lowest BCUT2D eigenvalue weighted by molar-refractivity contribution is -0.139. The number of para-hydroxylation sites is 2. The molecule has 0 aliphatic heterocycles. The predicted octanol–water partition coefficient (Wildman–Crippen LogP) is 3.72. The summed E-state index contributed by atoms with van der Waals surface area (Å²) in [6.07, 6.45) is 3.59. The fraction of sp³-hybridized carbons (Fsp3) is 0.333. The Kier molecular flexibility index (Phi) is 10.6. The number of aromatic nitrogens is 2. The van der Waals surface area contributed by atoms with E-state index in [0.717, 1.165) is 16.7 Å². The highest BCUT2D eigenvalue weighted by molar-refractivity contribution is 7.96. The van der Waals surface area contributed by atoms with Crippen LogP contribution >= 0.6 is 12.6 Å². The minimum atomic E-state index is -1.19. The first-order chi connectivity index (χ1) is 18.3. The number of amides is 2. The number of carbonyl (C=O) groups is 4. The molecule has 0 bridgehead atoms. The van der Waals surface area contributed by atoms with Gasteiger partial charge in [0.2, 0.25) is 11.0 Å². The van der Waals surface area contributed by atoms with Crippen LogP contribution in [0.4, 0.5) is 11.5 Å². The highest BCUT2D eigenvalue weighted by Gasteiger charge is 2.24. The zero-order valence-corrected chi connectivity index (χ0v) is 21.9. The molecule has 0 saturated carbocycles. The average molecular weight is 538 g/mol. The summed E-state index contributed by atoms with van der Waals surface area (Å²) in [7, 11) is 0. The molecule has 0 radical (unpaired) electrons. The molecule has 0 spiro atoms. The normalized spacial score (nSPS) is 12.4. The number of carboxylic acids is 1. The zero-order chi connectivity index (χ0) is 27.5. The number of nitrogens with zero attached hydrogens (tertiary/aromatic N) is 2. The Hall–Kier alpha value is -3.99. The number of fused-ring (bicyclic) bond motifs is 1. The summed E-state index contributed by atoms with van der Waals surface area (Å²) < 4.78 is 0. The summed E-state index contributed by atoms with van der Waals surface area (Å²) in [5, 5.41) is 16.7. The van der Waals surface area contributed by atoms with Gasteiger partial charge >= 0.3 is 5.97 Å². The lowest BCUT2D eigenvalue weighted by atomic mass is 9.97. The number of thiol groups is 1. The Morgan fingerprint density at radius 2 is 1.71 bits per heavy atom. The lowest BCUT2D eigenvalue weighted by Crippen LogP contribution is -2.43. The van der Waals surface area contributed by atoms with Crippen molar-refractivity contribution in [2.75, 3.05) is 11.9 Å². The number of hydrogen-bond donors (Lipinski definition) is 5. The molecule has 3 rings (SSSR count). The van der Waals surface area contributed by atoms with Crippen molar-refractivity contribution in [1.82, 2.24) is 20.6 Å². The van der Waals surface area contributed by atoms with Gasteiger partial charge in [-0.15, -0.1) is 12.6 Å². The van der Waals surface area contributed by atoms with Crippen LogP contribution in [-0.2, 0) is 14.4 Å². The van der Waals surface area contributed by atoms with E-state index in [4.69, 9.17) is 5.11 Å². The molecule has 2 aromatic carbocycles. The zero-order valence-electron chi connectivity index (χ0n) is 21.0. The summed E-state index contributed by atoms with van der Waals surface area (Å²) in [5.74, 6) is -1.51. The van der Waals surface area contributed by atoms with Gasteiger partial charge < -0.3 is 21.1 Å². The van der Waals surface area contributed by atoms with Crippen molar-refractivity contribution in [2.45, 2.75) is 45.1 Å². The van der Waals surface area contributed by atoms with Gasteiger partial charge in [-0.05, 0) is 55.7 Å². The van der Waals surface area contributed by atoms with E-state index < -0.39 is 23.5 Å². The SMILES string of the molecule is CC[C@H](CCCCNC(=O)c1ccc(Nc2cnc3ccccc3n2)cc1)C(=O)N[C@@H](CC(=O)O)C(=O)S. The van der Waals surface area contributed by atoms with Gasteiger partial charge in [0, 0.05) is 23.7 Å². The Labute approximate surface area is 226 Å². The van der Waals surface area contributed by atoms with E-state index in [1.807, 2.05) is 31.2 Å². The third kappa shape index (κ3) is 8.55. The van der Waals surface area contributed by atoms with Crippen LogP contribution in [0.25, 0.3) is 11.0 Å². The summed E-state index contributed by atoms with van der Waals surface area (Å²) in [6, 6.07) is 13.5. The van der Waals surface area contributed by atoms with E-state index in [1.54, 1.807) is 30.5 Å². The molecule has 0 aliphatic rings. The standard InChI is InChI=1S/C27H31N5O5S/c1-2-17(26(36)32-22(27(37)38)15-24(33)34)7-5-6-14-28-25(35)18-10-12-19(13-11-18)30-23-16-29-20-8-3-4-9-21(20)31-23/h3-4,8-13,16-17,22H,2,5-7,14-15H2,1H3,(H,28,35)(H,30,31)(H,32,36)(H,33,34)(H,37,38)/t17-,22+/m1/s1. The van der Waals surface area contributed by atoms with Crippen LogP contribution in [-0.4, -0.2) is 50.6 Å². The number of aliphatic carboxylic acids is 1. The van der Waals surface area contributed by atoms with Gasteiger partial charge in [-0.2, -0.15) is 0 Å². The maximum absolute atomic E-state index is 12.5. The predicted molar refractivity (Wildman–Crippen MR) is 147 cm³/mol. The first-order valence-corrected chi connectivity index (χ1v) is 12.8. The first kappa shape index (κ1) is 28.6. The van der Waals surface area contributed by atoms with E-state index in [2.05, 4.69) is 38.5 Å². The van der Waals surface area contributed by atoms with Crippen LogP contribution in [0.3, 0.4) is 0 Å².